The lowest BCUT2D eigenvalue weighted by Crippen LogP contribution is -2.49. The van der Waals surface area contributed by atoms with Crippen molar-refractivity contribution in [2.24, 2.45) is 0 Å². The van der Waals surface area contributed by atoms with Crippen molar-refractivity contribution < 1.29 is 18.0 Å². The molecular weight excluding hydrogens is 545 g/mol. The van der Waals surface area contributed by atoms with Gasteiger partial charge in [0.15, 0.2) is 0 Å². The van der Waals surface area contributed by atoms with Crippen LogP contribution in [0.2, 0.25) is 15.1 Å². The largest absolute Gasteiger partial charge is 0.352 e. The quantitative estimate of drug-likeness (QED) is 0.360. The van der Waals surface area contributed by atoms with Crippen LogP contribution in [0.15, 0.2) is 42.5 Å². The first kappa shape index (κ1) is 30.2. The van der Waals surface area contributed by atoms with Crippen LogP contribution < -0.4 is 9.62 Å². The third kappa shape index (κ3) is 8.83. The van der Waals surface area contributed by atoms with Gasteiger partial charge in [0.1, 0.15) is 6.04 Å². The molecule has 0 heterocycles. The first-order valence-corrected chi connectivity index (χ1v) is 14.6. The summed E-state index contributed by atoms with van der Waals surface area (Å²) in [5.74, 6) is -0.570. The minimum absolute atomic E-state index is 0.0335. The van der Waals surface area contributed by atoms with Crippen LogP contribution in [0.25, 0.3) is 0 Å². The van der Waals surface area contributed by atoms with Crippen molar-refractivity contribution in [1.29, 1.82) is 0 Å². The maximum atomic E-state index is 13.3. The van der Waals surface area contributed by atoms with Crippen LogP contribution >= 0.6 is 34.8 Å². The van der Waals surface area contributed by atoms with Crippen LogP contribution in [0.4, 0.5) is 5.69 Å². The average molecular weight is 577 g/mol. The number of carbonyl (C=O) groups is 2. The van der Waals surface area contributed by atoms with Crippen molar-refractivity contribution in [3.05, 3.63) is 63.1 Å². The minimum Gasteiger partial charge on any atom is -0.352 e. The van der Waals surface area contributed by atoms with Gasteiger partial charge in [-0.1, -0.05) is 47.8 Å². The second-order valence-corrected chi connectivity index (χ2v) is 11.9. The maximum Gasteiger partial charge on any atom is 0.242 e. The summed E-state index contributed by atoms with van der Waals surface area (Å²) < 4.78 is 26.0. The van der Waals surface area contributed by atoms with Gasteiger partial charge in [0.25, 0.3) is 0 Å². The Bertz CT molecular complexity index is 1160. The Morgan fingerprint density at radius 2 is 1.61 bits per heavy atom. The van der Waals surface area contributed by atoms with E-state index in [2.05, 4.69) is 5.32 Å². The maximum absolute atomic E-state index is 13.3. The zero-order chi connectivity index (χ0) is 27.0. The molecule has 0 aliphatic heterocycles. The molecule has 2 atom stereocenters. The van der Waals surface area contributed by atoms with Crippen LogP contribution in [0.5, 0.6) is 0 Å². The Labute approximate surface area is 228 Å². The molecule has 0 saturated heterocycles. The molecule has 36 heavy (non-hydrogen) atoms. The molecule has 0 fully saturated rings. The smallest absolute Gasteiger partial charge is 0.242 e. The van der Waals surface area contributed by atoms with E-state index in [9.17, 15) is 18.0 Å². The molecule has 2 aromatic rings. The van der Waals surface area contributed by atoms with Crippen molar-refractivity contribution in [1.82, 2.24) is 10.2 Å². The summed E-state index contributed by atoms with van der Waals surface area (Å²) in [5.41, 5.74) is 1.11. The van der Waals surface area contributed by atoms with E-state index in [0.717, 1.165) is 12.7 Å². The number of rotatable bonds is 12. The van der Waals surface area contributed by atoms with Gasteiger partial charge in [0, 0.05) is 40.6 Å². The van der Waals surface area contributed by atoms with Gasteiger partial charge >= 0.3 is 0 Å². The number of sulfonamides is 1. The molecule has 11 heteroatoms. The fourth-order valence-electron chi connectivity index (χ4n) is 3.49. The van der Waals surface area contributed by atoms with Gasteiger partial charge in [-0.3, -0.25) is 13.9 Å². The Morgan fingerprint density at radius 3 is 2.17 bits per heavy atom. The number of anilines is 1. The Morgan fingerprint density at radius 1 is 1.00 bits per heavy atom. The normalized spacial score (nSPS) is 13.1. The topological polar surface area (TPSA) is 86.8 Å². The molecule has 0 bridgehead atoms. The van der Waals surface area contributed by atoms with Crippen molar-refractivity contribution in [3.63, 3.8) is 0 Å². The second kappa shape index (κ2) is 13.5. The highest BCUT2D eigenvalue weighted by atomic mass is 35.5. The highest BCUT2D eigenvalue weighted by Crippen LogP contribution is 2.24. The standard InChI is InChI=1S/C25H32Cl3N3O4S/c1-5-17(2)29-25(33)18(3)30(16-19-8-9-21(27)15-23(19)28)24(32)7-6-14-31(36(4,34)35)22-12-10-20(26)11-13-22/h8-13,15,17-18H,5-7,14,16H2,1-4H3,(H,29,33). The number of amides is 2. The van der Waals surface area contributed by atoms with Gasteiger partial charge in [-0.2, -0.15) is 0 Å². The fourth-order valence-corrected chi connectivity index (χ4v) is 5.05. The summed E-state index contributed by atoms with van der Waals surface area (Å²) >= 11 is 18.3. The number of nitrogens with zero attached hydrogens (tertiary/aromatic N) is 2. The summed E-state index contributed by atoms with van der Waals surface area (Å²) in [6, 6.07) is 10.6. The van der Waals surface area contributed by atoms with E-state index in [0.29, 0.717) is 26.3 Å². The number of benzene rings is 2. The van der Waals surface area contributed by atoms with Crippen LogP contribution in [-0.2, 0) is 26.2 Å². The molecule has 2 unspecified atom stereocenters. The molecule has 0 aromatic heterocycles. The number of hydrogen-bond acceptors (Lipinski definition) is 4. The monoisotopic (exact) mass is 575 g/mol. The van der Waals surface area contributed by atoms with E-state index in [1.54, 1.807) is 49.4 Å². The van der Waals surface area contributed by atoms with E-state index in [4.69, 9.17) is 34.8 Å². The highest BCUT2D eigenvalue weighted by Gasteiger charge is 2.27. The van der Waals surface area contributed by atoms with Crippen LogP contribution in [0.1, 0.15) is 45.6 Å². The summed E-state index contributed by atoms with van der Waals surface area (Å²) in [6.07, 6.45) is 2.14. The van der Waals surface area contributed by atoms with Gasteiger partial charge in [-0.05, 0) is 68.7 Å². The number of carbonyl (C=O) groups excluding carboxylic acids is 2. The lowest BCUT2D eigenvalue weighted by Gasteiger charge is -2.30. The Balaban J connectivity index is 2.20. The lowest BCUT2D eigenvalue weighted by molar-refractivity contribution is -0.140. The summed E-state index contributed by atoms with van der Waals surface area (Å²) in [7, 11) is -3.58. The second-order valence-electron chi connectivity index (χ2n) is 8.67. The van der Waals surface area contributed by atoms with Gasteiger partial charge in [-0.25, -0.2) is 8.42 Å². The highest BCUT2D eigenvalue weighted by molar-refractivity contribution is 7.92. The van der Waals surface area contributed by atoms with Crippen LogP contribution in [0, 0.1) is 0 Å². The first-order valence-electron chi connectivity index (χ1n) is 11.6. The summed E-state index contributed by atoms with van der Waals surface area (Å²) in [5, 5.41) is 4.25. The Kier molecular flexibility index (Phi) is 11.3. The molecule has 0 saturated carbocycles. The predicted octanol–water partition coefficient (Wildman–Crippen LogP) is 5.53. The van der Waals surface area contributed by atoms with Crippen molar-refractivity contribution in [2.45, 2.75) is 58.7 Å². The molecule has 2 amide bonds. The van der Waals surface area contributed by atoms with E-state index in [1.807, 2.05) is 13.8 Å². The zero-order valence-electron chi connectivity index (χ0n) is 20.8. The molecule has 7 nitrogen and oxygen atoms in total. The van der Waals surface area contributed by atoms with Crippen molar-refractivity contribution in [3.8, 4) is 0 Å². The Hall–Kier alpha value is -2.00. The molecular formula is C25H32Cl3N3O4S. The van der Waals surface area contributed by atoms with E-state index in [-0.39, 0.29) is 43.8 Å². The van der Waals surface area contributed by atoms with Crippen molar-refractivity contribution in [2.75, 3.05) is 17.1 Å². The minimum atomic E-state index is -3.58. The van der Waals surface area contributed by atoms with E-state index >= 15 is 0 Å². The van der Waals surface area contributed by atoms with E-state index in [1.165, 1.54) is 9.21 Å². The average Bonchev–Trinajstić information content (AvgIpc) is 2.80. The summed E-state index contributed by atoms with van der Waals surface area (Å²) in [6.45, 7) is 5.71. The number of halogens is 3. The van der Waals surface area contributed by atoms with Gasteiger partial charge < -0.3 is 10.2 Å². The predicted molar refractivity (Wildman–Crippen MR) is 147 cm³/mol. The summed E-state index contributed by atoms with van der Waals surface area (Å²) in [4.78, 5) is 27.6. The molecule has 0 aliphatic carbocycles. The van der Waals surface area contributed by atoms with Gasteiger partial charge in [-0.15, -0.1) is 0 Å². The van der Waals surface area contributed by atoms with E-state index < -0.39 is 16.1 Å². The lowest BCUT2D eigenvalue weighted by atomic mass is 10.1. The third-order valence-corrected chi connectivity index (χ3v) is 7.82. The number of hydrogen-bond donors (Lipinski definition) is 1. The molecule has 198 valence electrons. The third-order valence-electron chi connectivity index (χ3n) is 5.79. The molecule has 0 spiro atoms. The molecule has 0 radical (unpaired) electrons. The van der Waals surface area contributed by atoms with Crippen LogP contribution in [0.3, 0.4) is 0 Å². The van der Waals surface area contributed by atoms with Gasteiger partial charge in [0.05, 0.1) is 11.9 Å². The molecule has 0 aliphatic rings. The fraction of sp³-hybridized carbons (Fsp3) is 0.440. The SMILES string of the molecule is CCC(C)NC(=O)C(C)N(Cc1ccc(Cl)cc1Cl)C(=O)CCCN(c1ccc(Cl)cc1)S(C)(=O)=O. The van der Waals surface area contributed by atoms with Gasteiger partial charge in [0.2, 0.25) is 21.8 Å². The number of nitrogens with one attached hydrogen (secondary N) is 1. The molecule has 1 N–H and O–H groups in total. The molecule has 2 rings (SSSR count). The van der Waals surface area contributed by atoms with Crippen molar-refractivity contribution >= 4 is 62.3 Å². The van der Waals surface area contributed by atoms with Crippen LogP contribution in [-0.4, -0.2) is 50.0 Å². The first-order chi connectivity index (χ1) is 16.8. The molecule has 2 aromatic carbocycles. The zero-order valence-corrected chi connectivity index (χ0v) is 23.9.